The number of hydrogen-bond donors (Lipinski definition) is 1. The van der Waals surface area contributed by atoms with Gasteiger partial charge in [0.2, 0.25) is 11.9 Å². The van der Waals surface area contributed by atoms with E-state index in [-0.39, 0.29) is 0 Å². The van der Waals surface area contributed by atoms with Crippen molar-refractivity contribution in [3.63, 3.8) is 0 Å². The van der Waals surface area contributed by atoms with E-state index < -0.39 is 11.6 Å². The predicted octanol–water partition coefficient (Wildman–Crippen LogP) is 3.91. The maximum absolute atomic E-state index is 13.9. The molecule has 34 heavy (non-hydrogen) atoms. The second kappa shape index (κ2) is 8.48. The molecule has 3 aromatic rings. The highest BCUT2D eigenvalue weighted by molar-refractivity contribution is 5.59. The predicted molar refractivity (Wildman–Crippen MR) is 125 cm³/mol. The number of anilines is 4. The summed E-state index contributed by atoms with van der Waals surface area (Å²) in [6.45, 7) is 5.32. The number of rotatable bonds is 4. The van der Waals surface area contributed by atoms with E-state index in [9.17, 15) is 8.78 Å². The Morgan fingerprint density at radius 3 is 2.53 bits per heavy atom. The lowest BCUT2D eigenvalue weighted by molar-refractivity contribution is 0.374. The summed E-state index contributed by atoms with van der Waals surface area (Å²) in [6, 6.07) is 6.36. The maximum atomic E-state index is 13.9. The Balaban J connectivity index is 1.22. The smallest absolute Gasteiger partial charge is 0.244 e. The van der Waals surface area contributed by atoms with Crippen LogP contribution >= 0.6 is 0 Å². The van der Waals surface area contributed by atoms with Gasteiger partial charge in [0.25, 0.3) is 0 Å². The van der Waals surface area contributed by atoms with E-state index in [1.165, 1.54) is 12.1 Å². The van der Waals surface area contributed by atoms with E-state index >= 15 is 0 Å². The van der Waals surface area contributed by atoms with Gasteiger partial charge in [-0.15, -0.1) is 5.10 Å². The Kier molecular flexibility index (Phi) is 5.30. The summed E-state index contributed by atoms with van der Waals surface area (Å²) in [4.78, 5) is 17.8. The highest BCUT2D eigenvalue weighted by atomic mass is 19.2. The molecule has 6 rings (SSSR count). The van der Waals surface area contributed by atoms with Gasteiger partial charge in [0.15, 0.2) is 11.6 Å². The largest absolute Gasteiger partial charge is 0.356 e. The van der Waals surface area contributed by atoms with Crippen LogP contribution in [0.3, 0.4) is 0 Å². The number of halogens is 2. The number of benzene rings is 1. The minimum atomic E-state index is -0.853. The Hall–Kier alpha value is -3.30. The minimum Gasteiger partial charge on any atom is -0.356 e. The maximum Gasteiger partial charge on any atom is 0.244 e. The molecule has 8 nitrogen and oxygen atoms in total. The number of nitrogens with one attached hydrogen (secondary N) is 1. The summed E-state index contributed by atoms with van der Waals surface area (Å²) in [5.74, 6) is 1.55. The van der Waals surface area contributed by atoms with Gasteiger partial charge in [-0.1, -0.05) is 0 Å². The van der Waals surface area contributed by atoms with Crippen molar-refractivity contribution >= 4 is 23.4 Å². The summed E-state index contributed by atoms with van der Waals surface area (Å²) in [5.41, 5.74) is 1.57. The Bertz CT molecular complexity index is 1180. The summed E-state index contributed by atoms with van der Waals surface area (Å²) in [6.07, 6.45) is 5.85. The van der Waals surface area contributed by atoms with Crippen LogP contribution in [0, 0.1) is 30.4 Å². The topological polar surface area (TPSA) is 75.0 Å². The van der Waals surface area contributed by atoms with E-state index in [2.05, 4.69) is 20.2 Å². The standard InChI is InChI=1S/C24H28F2N8/c1-15-10-21(28-14-27-15)32-12-16-4-5-17(13-32)22(16)29-23-30-24-33(8-2-3-9-34(24)31-23)18-6-7-19(25)20(26)11-18/h6-7,10-11,14,16-17,22H,2-5,8-9,12-13H2,1H3,(H,29,31)/t16-,17?,22?/m0/s1. The normalized spacial score (nSPS) is 24.1. The average molecular weight is 467 g/mol. The first kappa shape index (κ1) is 21.2. The minimum absolute atomic E-state index is 0.308. The van der Waals surface area contributed by atoms with Crippen LogP contribution in [-0.2, 0) is 6.54 Å². The van der Waals surface area contributed by atoms with Crippen molar-refractivity contribution in [2.45, 2.75) is 45.2 Å². The third-order valence-corrected chi connectivity index (χ3v) is 7.35. The Labute approximate surface area is 197 Å². The summed E-state index contributed by atoms with van der Waals surface area (Å²) in [5, 5.41) is 8.39. The molecular formula is C24H28F2N8. The van der Waals surface area contributed by atoms with E-state index in [1.807, 2.05) is 22.6 Å². The second-order valence-corrected chi connectivity index (χ2v) is 9.61. The van der Waals surface area contributed by atoms with Crippen molar-refractivity contribution in [2.24, 2.45) is 11.8 Å². The van der Waals surface area contributed by atoms with Crippen molar-refractivity contribution in [1.29, 1.82) is 0 Å². The van der Waals surface area contributed by atoms with Crippen LogP contribution < -0.4 is 15.1 Å². The van der Waals surface area contributed by atoms with E-state index in [0.717, 1.165) is 56.8 Å². The lowest BCUT2D eigenvalue weighted by Crippen LogP contribution is -2.48. The van der Waals surface area contributed by atoms with E-state index in [0.29, 0.717) is 42.0 Å². The molecule has 0 amide bonds. The summed E-state index contributed by atoms with van der Waals surface area (Å²) < 4.78 is 29.3. The van der Waals surface area contributed by atoms with Crippen LogP contribution in [0.15, 0.2) is 30.6 Å². The average Bonchev–Trinajstić information content (AvgIpc) is 3.23. The Morgan fingerprint density at radius 2 is 1.76 bits per heavy atom. The SMILES string of the molecule is Cc1cc(N2CC3CC[C@@H](C2)C3Nc2nc3n(n2)CCCCN3c2ccc(F)c(F)c2)ncn1. The monoisotopic (exact) mass is 466 g/mol. The van der Waals surface area contributed by atoms with Gasteiger partial charge in [-0.2, -0.15) is 4.98 Å². The van der Waals surface area contributed by atoms with Crippen molar-refractivity contribution < 1.29 is 8.78 Å². The molecule has 1 saturated carbocycles. The molecule has 1 aromatic carbocycles. The van der Waals surface area contributed by atoms with Crippen molar-refractivity contribution in [1.82, 2.24) is 24.7 Å². The number of hydrogen-bond acceptors (Lipinski definition) is 7. The molecule has 3 atom stereocenters. The van der Waals surface area contributed by atoms with Crippen molar-refractivity contribution in [3.05, 3.63) is 47.9 Å². The summed E-state index contributed by atoms with van der Waals surface area (Å²) >= 11 is 0. The van der Waals surface area contributed by atoms with Crippen LogP contribution in [-0.4, -0.2) is 50.4 Å². The van der Waals surface area contributed by atoms with Gasteiger partial charge < -0.3 is 15.1 Å². The van der Waals surface area contributed by atoms with Crippen LogP contribution in [0.4, 0.5) is 32.2 Å². The third kappa shape index (κ3) is 3.84. The molecule has 0 spiro atoms. The number of fused-ring (bicyclic) bond motifs is 3. The van der Waals surface area contributed by atoms with Crippen LogP contribution in [0.25, 0.3) is 0 Å². The fraction of sp³-hybridized carbons (Fsp3) is 0.500. The van der Waals surface area contributed by atoms with Crippen molar-refractivity contribution in [3.8, 4) is 0 Å². The summed E-state index contributed by atoms with van der Waals surface area (Å²) in [7, 11) is 0. The van der Waals surface area contributed by atoms with Gasteiger partial charge in [-0.3, -0.25) is 0 Å². The first-order chi connectivity index (χ1) is 16.5. The van der Waals surface area contributed by atoms with Gasteiger partial charge in [-0.05, 0) is 56.6 Å². The van der Waals surface area contributed by atoms with Crippen molar-refractivity contribution in [2.75, 3.05) is 34.8 Å². The fourth-order valence-corrected chi connectivity index (χ4v) is 5.68. The van der Waals surface area contributed by atoms with E-state index in [1.54, 1.807) is 12.4 Å². The van der Waals surface area contributed by atoms with Crippen LogP contribution in [0.5, 0.6) is 0 Å². The van der Waals surface area contributed by atoms with Gasteiger partial charge in [0.05, 0.1) is 0 Å². The van der Waals surface area contributed by atoms with Crippen LogP contribution in [0.1, 0.15) is 31.4 Å². The number of nitrogens with zero attached hydrogens (tertiary/aromatic N) is 7. The zero-order valence-corrected chi connectivity index (χ0v) is 19.2. The quantitative estimate of drug-likeness (QED) is 0.625. The number of aromatic nitrogens is 5. The number of aryl methyl sites for hydroxylation is 2. The molecule has 10 heteroatoms. The Morgan fingerprint density at radius 1 is 0.971 bits per heavy atom. The molecule has 3 aliphatic rings. The lowest BCUT2D eigenvalue weighted by Gasteiger charge is -2.38. The lowest BCUT2D eigenvalue weighted by atomic mass is 9.92. The fourth-order valence-electron chi connectivity index (χ4n) is 5.68. The molecule has 1 aliphatic carbocycles. The molecule has 2 unspecified atom stereocenters. The number of piperidine rings is 1. The molecular weight excluding hydrogens is 438 g/mol. The molecule has 4 heterocycles. The third-order valence-electron chi connectivity index (χ3n) is 7.35. The molecule has 2 aromatic heterocycles. The zero-order valence-electron chi connectivity index (χ0n) is 19.2. The van der Waals surface area contributed by atoms with Gasteiger partial charge >= 0.3 is 0 Å². The molecule has 1 N–H and O–H groups in total. The van der Waals surface area contributed by atoms with Gasteiger partial charge in [0.1, 0.15) is 12.1 Å². The van der Waals surface area contributed by atoms with Gasteiger partial charge in [0, 0.05) is 55.7 Å². The molecule has 1 saturated heterocycles. The molecule has 2 bridgehead atoms. The second-order valence-electron chi connectivity index (χ2n) is 9.61. The highest BCUT2D eigenvalue weighted by Gasteiger charge is 2.43. The molecule has 2 fully saturated rings. The molecule has 2 aliphatic heterocycles. The highest BCUT2D eigenvalue weighted by Crippen LogP contribution is 2.40. The van der Waals surface area contributed by atoms with Crippen LogP contribution in [0.2, 0.25) is 0 Å². The van der Waals surface area contributed by atoms with E-state index in [4.69, 9.17) is 10.1 Å². The molecule has 0 radical (unpaired) electrons. The first-order valence-corrected chi connectivity index (χ1v) is 12.0. The zero-order chi connectivity index (χ0) is 23.2. The molecule has 178 valence electrons. The first-order valence-electron chi connectivity index (χ1n) is 12.0. The van der Waals surface area contributed by atoms with Gasteiger partial charge in [-0.25, -0.2) is 23.4 Å².